The molecule has 94 valence electrons. The van der Waals surface area contributed by atoms with Crippen LogP contribution in [0.4, 0.5) is 5.82 Å². The predicted molar refractivity (Wildman–Crippen MR) is 66.5 cm³/mol. The lowest BCUT2D eigenvalue weighted by molar-refractivity contribution is -0.120. The van der Waals surface area contributed by atoms with Gasteiger partial charge in [-0.15, -0.1) is 11.3 Å². The van der Waals surface area contributed by atoms with E-state index in [-0.39, 0.29) is 11.9 Å². The van der Waals surface area contributed by atoms with Crippen molar-refractivity contribution >= 4 is 23.1 Å². The van der Waals surface area contributed by atoms with E-state index in [1.807, 2.05) is 0 Å². The number of carbonyl (C=O) groups excluding carboxylic acids is 1. The molecule has 6 nitrogen and oxygen atoms in total. The molecule has 0 aromatic carbocycles. The molecule has 1 aliphatic heterocycles. The van der Waals surface area contributed by atoms with Crippen molar-refractivity contribution in [3.05, 3.63) is 28.7 Å². The van der Waals surface area contributed by atoms with Crippen LogP contribution in [0.5, 0.6) is 0 Å². The molecule has 1 aliphatic rings. The van der Waals surface area contributed by atoms with Crippen molar-refractivity contribution in [3.8, 4) is 0 Å². The molecule has 0 saturated heterocycles. The zero-order chi connectivity index (χ0) is 12.5. The largest absolute Gasteiger partial charge is 0.449 e. The number of hydrogen-bond acceptors (Lipinski definition) is 6. The smallest absolute Gasteiger partial charge is 0.250 e. The highest BCUT2D eigenvalue weighted by Gasteiger charge is 2.33. The number of nitrogens with zero attached hydrogens (tertiary/aromatic N) is 3. The van der Waals surface area contributed by atoms with Gasteiger partial charge in [0.25, 0.3) is 5.91 Å². The Morgan fingerprint density at radius 1 is 1.56 bits per heavy atom. The molecule has 0 saturated carbocycles. The van der Waals surface area contributed by atoms with Crippen molar-refractivity contribution < 1.29 is 9.21 Å². The average Bonchev–Trinajstić information content (AvgIpc) is 3.01. The summed E-state index contributed by atoms with van der Waals surface area (Å²) in [5.74, 6) is 0.532. The first-order valence-corrected chi connectivity index (χ1v) is 6.48. The lowest BCUT2D eigenvalue weighted by Crippen LogP contribution is -2.39. The zero-order valence-corrected chi connectivity index (χ0v) is 10.6. The third-order valence-electron chi connectivity index (χ3n) is 3.00. The van der Waals surface area contributed by atoms with E-state index in [9.17, 15) is 4.79 Å². The fraction of sp³-hybridized carbons (Fsp3) is 0.364. The molecule has 0 bridgehead atoms. The monoisotopic (exact) mass is 264 g/mol. The highest BCUT2D eigenvalue weighted by Crippen LogP contribution is 2.29. The molecular weight excluding hydrogens is 252 g/mol. The molecular formula is C11H12N4O2S. The predicted octanol–water partition coefficient (Wildman–Crippen LogP) is 0.981. The normalized spacial score (nSPS) is 19.7. The van der Waals surface area contributed by atoms with E-state index in [2.05, 4.69) is 15.3 Å². The first kappa shape index (κ1) is 11.4. The minimum Gasteiger partial charge on any atom is -0.449 e. The van der Waals surface area contributed by atoms with E-state index in [0.29, 0.717) is 12.4 Å². The second-order valence-electron chi connectivity index (χ2n) is 3.97. The number of hydrogen-bond donors (Lipinski definition) is 1. The first-order valence-electron chi connectivity index (χ1n) is 5.60. The summed E-state index contributed by atoms with van der Waals surface area (Å²) in [4.78, 5) is 23.5. The molecule has 0 spiro atoms. The van der Waals surface area contributed by atoms with Crippen LogP contribution in [0.15, 0.2) is 22.6 Å². The summed E-state index contributed by atoms with van der Waals surface area (Å²) >= 11 is 1.51. The lowest BCUT2D eigenvalue weighted by atomic mass is 10.2. The van der Waals surface area contributed by atoms with E-state index in [1.54, 1.807) is 17.5 Å². The Morgan fingerprint density at radius 2 is 2.44 bits per heavy atom. The molecule has 3 rings (SSSR count). The number of nitrogens with one attached hydrogen (secondary N) is 1. The fourth-order valence-electron chi connectivity index (χ4n) is 2.12. The minimum absolute atomic E-state index is 0.0191. The maximum absolute atomic E-state index is 12.5. The van der Waals surface area contributed by atoms with Crippen molar-refractivity contribution in [3.63, 3.8) is 0 Å². The third-order valence-corrected chi connectivity index (χ3v) is 3.94. The van der Waals surface area contributed by atoms with Crippen LogP contribution < -0.4 is 10.2 Å². The molecule has 2 aromatic heterocycles. The highest BCUT2D eigenvalue weighted by atomic mass is 32.1. The Labute approximate surface area is 108 Å². The van der Waals surface area contributed by atoms with Crippen LogP contribution in [0.25, 0.3) is 0 Å². The van der Waals surface area contributed by atoms with Gasteiger partial charge in [-0.2, -0.15) is 4.98 Å². The molecule has 18 heavy (non-hydrogen) atoms. The number of aromatic nitrogens is 2. The number of rotatable bonds is 2. The first-order chi connectivity index (χ1) is 8.81. The van der Waals surface area contributed by atoms with Gasteiger partial charge in [0.2, 0.25) is 0 Å². The molecule has 0 aliphatic carbocycles. The quantitative estimate of drug-likeness (QED) is 0.875. The number of amides is 1. The van der Waals surface area contributed by atoms with Gasteiger partial charge in [-0.25, -0.2) is 4.98 Å². The van der Waals surface area contributed by atoms with Crippen LogP contribution in [0, 0.1) is 0 Å². The minimum atomic E-state index is -0.355. The SMILES string of the molecule is CNC1C(=O)N(c2cocn2)CCc2ncsc21. The number of fused-ring (bicyclic) bond motifs is 1. The fourth-order valence-corrected chi connectivity index (χ4v) is 3.06. The van der Waals surface area contributed by atoms with Gasteiger partial charge < -0.3 is 9.73 Å². The van der Waals surface area contributed by atoms with Crippen LogP contribution in [-0.4, -0.2) is 29.5 Å². The zero-order valence-electron chi connectivity index (χ0n) is 9.79. The molecule has 0 radical (unpaired) electrons. The number of likely N-dealkylation sites (N-methyl/N-ethyl adjacent to an activating group) is 1. The second kappa shape index (κ2) is 4.51. The molecule has 1 N–H and O–H groups in total. The van der Waals surface area contributed by atoms with Crippen LogP contribution in [0.3, 0.4) is 0 Å². The summed E-state index contributed by atoms with van der Waals surface area (Å²) in [6.07, 6.45) is 3.54. The van der Waals surface area contributed by atoms with Gasteiger partial charge in [-0.1, -0.05) is 0 Å². The summed E-state index contributed by atoms with van der Waals surface area (Å²) in [6.45, 7) is 0.570. The Balaban J connectivity index is 1.99. The van der Waals surface area contributed by atoms with E-state index >= 15 is 0 Å². The Hall–Kier alpha value is -1.73. The van der Waals surface area contributed by atoms with Crippen LogP contribution in [0.1, 0.15) is 16.6 Å². The van der Waals surface area contributed by atoms with Gasteiger partial charge in [0.05, 0.1) is 16.1 Å². The number of anilines is 1. The Morgan fingerprint density at radius 3 is 3.17 bits per heavy atom. The summed E-state index contributed by atoms with van der Waals surface area (Å²) in [6, 6.07) is -0.355. The van der Waals surface area contributed by atoms with E-state index in [0.717, 1.165) is 17.0 Å². The van der Waals surface area contributed by atoms with Crippen molar-refractivity contribution in [1.82, 2.24) is 15.3 Å². The molecule has 0 fully saturated rings. The van der Waals surface area contributed by atoms with Crippen LogP contribution >= 0.6 is 11.3 Å². The van der Waals surface area contributed by atoms with Gasteiger partial charge in [0.1, 0.15) is 12.3 Å². The van der Waals surface area contributed by atoms with Gasteiger partial charge in [0.15, 0.2) is 12.2 Å². The summed E-state index contributed by atoms with van der Waals surface area (Å²) in [5.41, 5.74) is 2.77. The van der Waals surface area contributed by atoms with Gasteiger partial charge in [-0.05, 0) is 7.05 Å². The van der Waals surface area contributed by atoms with Gasteiger partial charge in [0, 0.05) is 13.0 Å². The Kier molecular flexibility index (Phi) is 2.85. The van der Waals surface area contributed by atoms with Crippen molar-refractivity contribution in [1.29, 1.82) is 0 Å². The molecule has 7 heteroatoms. The van der Waals surface area contributed by atoms with Crippen LogP contribution in [-0.2, 0) is 11.2 Å². The lowest BCUT2D eigenvalue weighted by Gasteiger charge is -2.21. The third kappa shape index (κ3) is 1.72. The molecule has 2 aromatic rings. The highest BCUT2D eigenvalue weighted by molar-refractivity contribution is 7.10. The maximum Gasteiger partial charge on any atom is 0.250 e. The standard InChI is InChI=1S/C11H12N4O2S/c1-12-9-10-7(14-6-18-10)2-3-15(11(9)16)8-4-17-5-13-8/h4-6,9,12H,2-3H2,1H3. The second-order valence-corrected chi connectivity index (χ2v) is 4.86. The van der Waals surface area contributed by atoms with Crippen molar-refractivity contribution in [2.75, 3.05) is 18.5 Å². The van der Waals surface area contributed by atoms with Crippen molar-refractivity contribution in [2.45, 2.75) is 12.5 Å². The number of carbonyl (C=O) groups is 1. The summed E-state index contributed by atoms with van der Waals surface area (Å²) in [5, 5.41) is 3.05. The molecule has 1 unspecified atom stereocenters. The topological polar surface area (TPSA) is 71.3 Å². The molecule has 1 amide bonds. The number of oxazole rings is 1. The molecule has 3 heterocycles. The summed E-state index contributed by atoms with van der Waals surface area (Å²) < 4.78 is 4.95. The van der Waals surface area contributed by atoms with Crippen molar-refractivity contribution in [2.24, 2.45) is 0 Å². The molecule has 1 atom stereocenters. The Bertz CT molecular complexity index is 551. The average molecular weight is 264 g/mol. The van der Waals surface area contributed by atoms with E-state index in [4.69, 9.17) is 4.42 Å². The number of thiazole rings is 1. The van der Waals surface area contributed by atoms with Gasteiger partial charge >= 0.3 is 0 Å². The van der Waals surface area contributed by atoms with E-state index < -0.39 is 0 Å². The van der Waals surface area contributed by atoms with Gasteiger partial charge in [-0.3, -0.25) is 9.69 Å². The van der Waals surface area contributed by atoms with E-state index in [1.165, 1.54) is 24.0 Å². The summed E-state index contributed by atoms with van der Waals surface area (Å²) in [7, 11) is 1.78. The van der Waals surface area contributed by atoms with Crippen LogP contribution in [0.2, 0.25) is 0 Å². The maximum atomic E-state index is 12.5.